The van der Waals surface area contributed by atoms with E-state index in [1.54, 1.807) is 34.6 Å². The SMILES string of the molecule is CCC1C#CC2C=C3CCc4cc(O)c(OC5CC(Cc6ccc[nH]6)C6=CCNC(N)=C6CSSCC(CO)C5O)cc4C3CC(O)C2C(OCCO)CCC(NCC(C)O)C1. The van der Waals surface area contributed by atoms with Gasteiger partial charge >= 0.3 is 0 Å². The zero-order valence-electron chi connectivity index (χ0n) is 36.2. The van der Waals surface area contributed by atoms with Crippen molar-refractivity contribution in [3.8, 4) is 23.3 Å². The van der Waals surface area contributed by atoms with Gasteiger partial charge in [-0.1, -0.05) is 58.1 Å². The van der Waals surface area contributed by atoms with Crippen LogP contribution in [0, 0.1) is 41.4 Å². The molecule has 5 aliphatic rings. The number of aliphatic hydroxyl groups excluding tert-OH is 5. The van der Waals surface area contributed by atoms with Crippen molar-refractivity contribution >= 4 is 21.6 Å². The number of nitrogens with one attached hydrogen (secondary N) is 3. The predicted octanol–water partition coefficient (Wildman–Crippen LogP) is 4.66. The maximum Gasteiger partial charge on any atom is 0.161 e. The average molecular weight is 893 g/mol. The first kappa shape index (κ1) is 46.9. The fourth-order valence-electron chi connectivity index (χ4n) is 10.3. The Hall–Kier alpha value is -3.10. The van der Waals surface area contributed by atoms with Gasteiger partial charge in [0.15, 0.2) is 11.5 Å². The van der Waals surface area contributed by atoms with Crippen molar-refractivity contribution in [1.82, 2.24) is 15.6 Å². The molecule has 0 saturated carbocycles. The third kappa shape index (κ3) is 11.4. The van der Waals surface area contributed by atoms with Gasteiger partial charge in [0.1, 0.15) is 11.9 Å². The molecule has 340 valence electrons. The number of aromatic amines is 1. The Balaban J connectivity index is 1.22. The first-order valence-electron chi connectivity index (χ1n) is 22.7. The lowest BCUT2D eigenvalue weighted by molar-refractivity contribution is -0.0611. The summed E-state index contributed by atoms with van der Waals surface area (Å²) in [6, 6.07) is 7.86. The molecule has 1 fully saturated rings. The lowest BCUT2D eigenvalue weighted by atomic mass is 9.76. The van der Waals surface area contributed by atoms with Gasteiger partial charge in [0, 0.05) is 84.3 Å². The smallest absolute Gasteiger partial charge is 0.161 e. The summed E-state index contributed by atoms with van der Waals surface area (Å²) in [5.74, 6) is 8.13. The Labute approximate surface area is 375 Å². The lowest BCUT2D eigenvalue weighted by Crippen LogP contribution is -2.42. The molecule has 2 aromatic rings. The fraction of sp³-hybridized carbons (Fsp3) is 0.625. The number of hydrogen-bond donors (Lipinski definition) is 10. The highest BCUT2D eigenvalue weighted by molar-refractivity contribution is 8.76. The normalized spacial score (nSPS) is 32.3. The molecule has 2 aliphatic heterocycles. The number of H-pyrrole nitrogens is 1. The molecule has 1 aromatic heterocycles. The number of fused-ring (bicyclic) bond motifs is 5. The van der Waals surface area contributed by atoms with E-state index in [1.807, 2.05) is 18.3 Å². The van der Waals surface area contributed by atoms with Crippen LogP contribution in [0.15, 0.2) is 65.2 Å². The number of phenolic OH excluding ortho intramolecular Hbond substituents is 1. The Morgan fingerprint density at radius 1 is 1.06 bits per heavy atom. The van der Waals surface area contributed by atoms with Crippen LogP contribution < -0.4 is 21.1 Å². The molecule has 0 spiro atoms. The van der Waals surface area contributed by atoms with Gasteiger partial charge in [-0.15, -0.1) is 0 Å². The molecule has 12 nitrogen and oxygen atoms in total. The molecule has 1 saturated heterocycles. The zero-order chi connectivity index (χ0) is 43.8. The minimum atomic E-state index is -1.04. The molecule has 0 amide bonds. The minimum absolute atomic E-state index is 0.00832. The van der Waals surface area contributed by atoms with Crippen LogP contribution in [0.5, 0.6) is 11.5 Å². The van der Waals surface area contributed by atoms with Gasteiger partial charge in [0.2, 0.25) is 0 Å². The second-order valence-electron chi connectivity index (χ2n) is 17.9. The average Bonchev–Trinajstić information content (AvgIpc) is 3.72. The molecule has 3 aliphatic carbocycles. The third-order valence-corrected chi connectivity index (χ3v) is 16.0. The number of ether oxygens (including phenoxy) is 2. The maximum absolute atomic E-state index is 12.4. The van der Waals surface area contributed by atoms with Gasteiger partial charge in [-0.3, -0.25) is 0 Å². The van der Waals surface area contributed by atoms with E-state index in [0.717, 1.165) is 53.7 Å². The van der Waals surface area contributed by atoms with Crippen molar-refractivity contribution in [2.75, 3.05) is 44.4 Å². The van der Waals surface area contributed by atoms with Crippen molar-refractivity contribution in [3.63, 3.8) is 0 Å². The number of dihydropyridines is 1. The first-order valence-corrected chi connectivity index (χ1v) is 25.2. The van der Waals surface area contributed by atoms with E-state index in [1.165, 1.54) is 5.57 Å². The first-order chi connectivity index (χ1) is 30.1. The second kappa shape index (κ2) is 22.2. The molecule has 7 rings (SSSR count). The summed E-state index contributed by atoms with van der Waals surface area (Å²) in [5, 5.41) is 73.5. The molecular formula is C48H68N4O8S2. The number of allylic oxidation sites excluding steroid dienone is 3. The minimum Gasteiger partial charge on any atom is -0.504 e. The summed E-state index contributed by atoms with van der Waals surface area (Å²) >= 11 is 0. The van der Waals surface area contributed by atoms with Crippen LogP contribution in [0.2, 0.25) is 0 Å². The molecule has 0 bridgehead atoms. The summed E-state index contributed by atoms with van der Waals surface area (Å²) < 4.78 is 13.2. The second-order valence-corrected chi connectivity index (χ2v) is 20.4. The molecule has 12 unspecified atom stereocenters. The number of aromatic hydroxyl groups is 1. The summed E-state index contributed by atoms with van der Waals surface area (Å²) in [6.45, 7) is 4.82. The van der Waals surface area contributed by atoms with E-state index in [4.69, 9.17) is 15.2 Å². The standard InChI is InChI=1S/C48H68N4O8S2/c1-3-29-6-7-32-18-30-8-9-31-20-41(56)44(23-39(31)38(30)22-42(57)46(32)43(59-16-15-53)11-10-36(17-29)52-24-28(2)55)60-45-21-33(19-35-5-4-13-50-35)37-12-14-51-48(49)40(37)27-62-61-26-34(25-54)47(45)58/h4-5,12-13,18,20,23,28-29,32-34,36,38,42-43,45-47,50-58H,3,8-11,14-17,19,21-22,24-27,49H2,1-2H3. The lowest BCUT2D eigenvalue weighted by Gasteiger charge is -2.36. The largest absolute Gasteiger partial charge is 0.504 e. The van der Waals surface area contributed by atoms with E-state index in [-0.39, 0.29) is 73.1 Å². The topological polar surface area (TPSA) is 206 Å². The Kier molecular flexibility index (Phi) is 16.8. The molecule has 14 heteroatoms. The predicted molar refractivity (Wildman–Crippen MR) is 246 cm³/mol. The number of benzene rings is 1. The van der Waals surface area contributed by atoms with Gasteiger partial charge in [-0.25, -0.2) is 0 Å². The number of aryl methyl sites for hydroxylation is 1. The van der Waals surface area contributed by atoms with E-state index in [2.05, 4.69) is 52.6 Å². The van der Waals surface area contributed by atoms with Crippen LogP contribution in [-0.2, 0) is 17.6 Å². The molecule has 62 heavy (non-hydrogen) atoms. The van der Waals surface area contributed by atoms with Crippen LogP contribution in [0.3, 0.4) is 0 Å². The highest BCUT2D eigenvalue weighted by Gasteiger charge is 2.42. The van der Waals surface area contributed by atoms with Crippen LogP contribution in [0.1, 0.15) is 81.5 Å². The number of hydrogen-bond acceptors (Lipinski definition) is 13. The Morgan fingerprint density at radius 2 is 1.92 bits per heavy atom. The third-order valence-electron chi connectivity index (χ3n) is 13.6. The van der Waals surface area contributed by atoms with Crippen LogP contribution >= 0.6 is 21.6 Å². The number of aliphatic hydroxyl groups is 5. The molecular weight excluding hydrogens is 825 g/mol. The summed E-state index contributed by atoms with van der Waals surface area (Å²) in [7, 11) is 3.26. The van der Waals surface area contributed by atoms with Crippen LogP contribution in [-0.4, -0.2) is 117 Å². The number of nitrogens with two attached hydrogens (primary N) is 1. The maximum atomic E-state index is 12.4. The highest BCUT2D eigenvalue weighted by atomic mass is 33.1. The van der Waals surface area contributed by atoms with E-state index >= 15 is 0 Å². The molecule has 3 heterocycles. The van der Waals surface area contributed by atoms with Crippen LogP contribution in [0.25, 0.3) is 0 Å². The van der Waals surface area contributed by atoms with Crippen LogP contribution in [0.4, 0.5) is 0 Å². The quantitative estimate of drug-likeness (QED) is 0.0801. The number of phenols is 1. The van der Waals surface area contributed by atoms with Gasteiger partial charge in [0.05, 0.1) is 37.6 Å². The van der Waals surface area contributed by atoms with Crippen molar-refractivity contribution in [1.29, 1.82) is 0 Å². The summed E-state index contributed by atoms with van der Waals surface area (Å²) in [4.78, 5) is 3.35. The highest BCUT2D eigenvalue weighted by Crippen LogP contribution is 2.49. The summed E-state index contributed by atoms with van der Waals surface area (Å²) in [5.41, 5.74) is 13.0. The van der Waals surface area contributed by atoms with Gasteiger partial charge in [0.25, 0.3) is 0 Å². The van der Waals surface area contributed by atoms with Crippen molar-refractivity contribution in [3.05, 3.63) is 82.0 Å². The molecule has 12 atom stereocenters. The molecule has 0 radical (unpaired) electrons. The van der Waals surface area contributed by atoms with E-state index in [9.17, 15) is 30.6 Å². The molecule has 11 N–H and O–H groups in total. The molecule has 1 aromatic carbocycles. The Bertz CT molecular complexity index is 1950. The zero-order valence-corrected chi connectivity index (χ0v) is 37.8. The summed E-state index contributed by atoms with van der Waals surface area (Å²) in [6.07, 6.45) is 9.07. The van der Waals surface area contributed by atoms with Gasteiger partial charge in [-0.05, 0) is 112 Å². The van der Waals surface area contributed by atoms with Crippen molar-refractivity contribution in [2.24, 2.45) is 35.3 Å². The number of rotatable bonds is 12. The van der Waals surface area contributed by atoms with Crippen molar-refractivity contribution < 1.29 is 40.1 Å². The fourth-order valence-corrected chi connectivity index (χ4v) is 12.8. The van der Waals surface area contributed by atoms with Gasteiger partial charge in [-0.2, -0.15) is 0 Å². The van der Waals surface area contributed by atoms with Gasteiger partial charge < -0.3 is 61.5 Å². The van der Waals surface area contributed by atoms with E-state index in [0.29, 0.717) is 62.5 Å². The number of aromatic nitrogens is 1. The Morgan fingerprint density at radius 3 is 2.68 bits per heavy atom. The van der Waals surface area contributed by atoms with E-state index < -0.39 is 30.3 Å². The monoisotopic (exact) mass is 892 g/mol. The van der Waals surface area contributed by atoms with Crippen molar-refractivity contribution in [2.45, 2.75) is 114 Å².